The molecule has 0 unspecified atom stereocenters. The van der Waals surface area contributed by atoms with Gasteiger partial charge >= 0.3 is 5.97 Å². The Balaban J connectivity index is 2.05. The molecule has 0 amide bonds. The lowest BCUT2D eigenvalue weighted by Gasteiger charge is -2.09. The molecule has 0 fully saturated rings. The average molecular weight is 314 g/mol. The van der Waals surface area contributed by atoms with Crippen molar-refractivity contribution in [2.75, 3.05) is 20.3 Å². The first-order valence-electron chi connectivity index (χ1n) is 7.15. The highest BCUT2D eigenvalue weighted by atomic mass is 16.5. The van der Waals surface area contributed by atoms with E-state index in [-0.39, 0.29) is 11.5 Å². The summed E-state index contributed by atoms with van der Waals surface area (Å²) in [5.41, 5.74) is 0.753. The predicted octanol–water partition coefficient (Wildman–Crippen LogP) is 3.13. The van der Waals surface area contributed by atoms with Crippen LogP contribution in [0.5, 0.6) is 11.5 Å². The van der Waals surface area contributed by atoms with Crippen molar-refractivity contribution in [1.29, 1.82) is 0 Å². The van der Waals surface area contributed by atoms with Gasteiger partial charge in [-0.1, -0.05) is 12.1 Å². The highest BCUT2D eigenvalue weighted by Gasteiger charge is 2.13. The summed E-state index contributed by atoms with van der Waals surface area (Å²) in [6, 6.07) is 13.2. The first-order valence-corrected chi connectivity index (χ1v) is 7.15. The van der Waals surface area contributed by atoms with E-state index in [2.05, 4.69) is 0 Å². The molecule has 5 nitrogen and oxygen atoms in total. The normalized spacial score (nSPS) is 10.2. The second kappa shape index (κ2) is 8.10. The zero-order valence-corrected chi connectivity index (χ0v) is 13.1. The highest BCUT2D eigenvalue weighted by Crippen LogP contribution is 2.20. The topological polar surface area (TPSA) is 61.8 Å². The highest BCUT2D eigenvalue weighted by molar-refractivity contribution is 5.99. The van der Waals surface area contributed by atoms with E-state index in [0.29, 0.717) is 30.1 Å². The molecule has 0 atom stereocenters. The summed E-state index contributed by atoms with van der Waals surface area (Å²) in [5, 5.41) is 0. The van der Waals surface area contributed by atoms with E-state index >= 15 is 0 Å². The van der Waals surface area contributed by atoms with Gasteiger partial charge in [-0.25, -0.2) is 4.79 Å². The van der Waals surface area contributed by atoms with Gasteiger partial charge in [0.05, 0.1) is 17.7 Å². The number of Topliss-reactive ketones (excluding diaryl/α,β-unsaturated/α-hetero) is 1. The van der Waals surface area contributed by atoms with Crippen molar-refractivity contribution in [2.24, 2.45) is 0 Å². The van der Waals surface area contributed by atoms with Gasteiger partial charge in [-0.15, -0.1) is 0 Å². The summed E-state index contributed by atoms with van der Waals surface area (Å²) >= 11 is 0. The number of hydrogen-bond acceptors (Lipinski definition) is 5. The SMILES string of the molecule is COCCOc1ccc(C(=O)Oc2ccccc2C(C)=O)cc1. The Kier molecular flexibility index (Phi) is 5.88. The van der Waals surface area contributed by atoms with Crippen molar-refractivity contribution in [3.05, 3.63) is 59.7 Å². The largest absolute Gasteiger partial charge is 0.491 e. The third-order valence-corrected chi connectivity index (χ3v) is 3.12. The molecule has 2 aromatic carbocycles. The first-order chi connectivity index (χ1) is 11.1. The predicted molar refractivity (Wildman–Crippen MR) is 85.2 cm³/mol. The van der Waals surface area contributed by atoms with Gasteiger partial charge in [0.15, 0.2) is 5.78 Å². The molecule has 0 spiro atoms. The van der Waals surface area contributed by atoms with Crippen LogP contribution in [0.2, 0.25) is 0 Å². The van der Waals surface area contributed by atoms with Crippen molar-refractivity contribution < 1.29 is 23.8 Å². The smallest absolute Gasteiger partial charge is 0.343 e. The maximum absolute atomic E-state index is 12.2. The Hall–Kier alpha value is -2.66. The zero-order valence-electron chi connectivity index (χ0n) is 13.1. The van der Waals surface area contributed by atoms with E-state index in [0.717, 1.165) is 0 Å². The summed E-state index contributed by atoms with van der Waals surface area (Å²) in [6.07, 6.45) is 0. The van der Waals surface area contributed by atoms with E-state index in [4.69, 9.17) is 14.2 Å². The molecule has 2 rings (SSSR count). The van der Waals surface area contributed by atoms with Crippen molar-refractivity contribution in [1.82, 2.24) is 0 Å². The molecule has 23 heavy (non-hydrogen) atoms. The van der Waals surface area contributed by atoms with Crippen molar-refractivity contribution in [3.8, 4) is 11.5 Å². The Labute approximate surface area is 134 Å². The number of para-hydroxylation sites is 1. The van der Waals surface area contributed by atoms with Gasteiger partial charge in [-0.05, 0) is 43.3 Å². The van der Waals surface area contributed by atoms with Crippen LogP contribution in [0, 0.1) is 0 Å². The molecule has 0 aromatic heterocycles. The first kappa shape index (κ1) is 16.7. The second-order valence-corrected chi connectivity index (χ2v) is 4.81. The number of ketones is 1. The molecule has 0 N–H and O–H groups in total. The van der Waals surface area contributed by atoms with Gasteiger partial charge in [0.1, 0.15) is 18.1 Å². The monoisotopic (exact) mass is 314 g/mol. The van der Waals surface area contributed by atoms with Crippen LogP contribution in [0.4, 0.5) is 0 Å². The van der Waals surface area contributed by atoms with Gasteiger partial charge in [0.2, 0.25) is 0 Å². The van der Waals surface area contributed by atoms with E-state index in [1.807, 2.05) is 0 Å². The Bertz CT molecular complexity index is 676. The fraction of sp³-hybridized carbons (Fsp3) is 0.222. The van der Waals surface area contributed by atoms with E-state index < -0.39 is 5.97 Å². The summed E-state index contributed by atoms with van der Waals surface area (Å²) in [7, 11) is 1.60. The van der Waals surface area contributed by atoms with Crippen LogP contribution in [-0.4, -0.2) is 32.1 Å². The Morgan fingerprint density at radius 3 is 2.30 bits per heavy atom. The fourth-order valence-corrected chi connectivity index (χ4v) is 1.94. The standard InChI is InChI=1S/C18H18O5/c1-13(19)16-5-3-4-6-17(16)23-18(20)14-7-9-15(10-8-14)22-12-11-21-2/h3-10H,11-12H2,1-2H3. The minimum absolute atomic E-state index is 0.157. The third-order valence-electron chi connectivity index (χ3n) is 3.12. The van der Waals surface area contributed by atoms with Gasteiger partial charge < -0.3 is 14.2 Å². The number of carbonyl (C=O) groups is 2. The molecular weight excluding hydrogens is 296 g/mol. The Morgan fingerprint density at radius 2 is 1.65 bits per heavy atom. The fourth-order valence-electron chi connectivity index (χ4n) is 1.94. The number of hydrogen-bond donors (Lipinski definition) is 0. The molecule has 0 radical (unpaired) electrons. The molecule has 0 aliphatic carbocycles. The van der Waals surface area contributed by atoms with E-state index in [1.54, 1.807) is 55.6 Å². The van der Waals surface area contributed by atoms with E-state index in [9.17, 15) is 9.59 Å². The lowest BCUT2D eigenvalue weighted by atomic mass is 10.1. The molecule has 0 saturated heterocycles. The van der Waals surface area contributed by atoms with Crippen molar-refractivity contribution in [2.45, 2.75) is 6.92 Å². The van der Waals surface area contributed by atoms with Crippen LogP contribution in [-0.2, 0) is 4.74 Å². The summed E-state index contributed by atoms with van der Waals surface area (Å²) in [6.45, 7) is 2.36. The van der Waals surface area contributed by atoms with Crippen LogP contribution >= 0.6 is 0 Å². The second-order valence-electron chi connectivity index (χ2n) is 4.81. The number of carbonyl (C=O) groups excluding carboxylic acids is 2. The molecule has 2 aromatic rings. The van der Waals surface area contributed by atoms with E-state index in [1.165, 1.54) is 6.92 Å². The summed E-state index contributed by atoms with van der Waals surface area (Å²) < 4.78 is 15.6. The molecule has 0 saturated carbocycles. The van der Waals surface area contributed by atoms with Crippen molar-refractivity contribution in [3.63, 3.8) is 0 Å². The lowest BCUT2D eigenvalue weighted by Crippen LogP contribution is -2.11. The van der Waals surface area contributed by atoms with Gasteiger partial charge in [0.25, 0.3) is 0 Å². The Morgan fingerprint density at radius 1 is 0.957 bits per heavy atom. The number of rotatable bonds is 7. The lowest BCUT2D eigenvalue weighted by molar-refractivity contribution is 0.0732. The molecular formula is C18H18O5. The number of methoxy groups -OCH3 is 1. The van der Waals surface area contributed by atoms with Crippen molar-refractivity contribution >= 4 is 11.8 Å². The van der Waals surface area contributed by atoms with Gasteiger partial charge in [-0.3, -0.25) is 4.79 Å². The summed E-state index contributed by atoms with van der Waals surface area (Å²) in [5.74, 6) is 0.214. The minimum Gasteiger partial charge on any atom is -0.491 e. The van der Waals surface area contributed by atoms with Gasteiger partial charge in [-0.2, -0.15) is 0 Å². The van der Waals surface area contributed by atoms with Crippen LogP contribution in [0.15, 0.2) is 48.5 Å². The number of ether oxygens (including phenoxy) is 3. The molecule has 0 bridgehead atoms. The van der Waals surface area contributed by atoms with Crippen LogP contribution < -0.4 is 9.47 Å². The minimum atomic E-state index is -0.526. The number of esters is 1. The van der Waals surface area contributed by atoms with Crippen LogP contribution in [0.3, 0.4) is 0 Å². The zero-order chi connectivity index (χ0) is 16.7. The molecule has 0 heterocycles. The maximum Gasteiger partial charge on any atom is 0.343 e. The van der Waals surface area contributed by atoms with Crippen LogP contribution in [0.1, 0.15) is 27.6 Å². The molecule has 0 aliphatic heterocycles. The van der Waals surface area contributed by atoms with Crippen LogP contribution in [0.25, 0.3) is 0 Å². The molecule has 5 heteroatoms. The molecule has 120 valence electrons. The quantitative estimate of drug-likeness (QED) is 0.340. The number of benzene rings is 2. The molecule has 0 aliphatic rings. The average Bonchev–Trinajstić information content (AvgIpc) is 2.56. The third kappa shape index (κ3) is 4.66. The summed E-state index contributed by atoms with van der Waals surface area (Å²) in [4.78, 5) is 23.7. The maximum atomic E-state index is 12.2. The van der Waals surface area contributed by atoms with Gasteiger partial charge in [0, 0.05) is 7.11 Å².